The van der Waals surface area contributed by atoms with Crippen LogP contribution in [0, 0.1) is 0 Å². The molecule has 1 aliphatic carbocycles. The minimum Gasteiger partial charge on any atom is -0.486 e. The third-order valence-electron chi connectivity index (χ3n) is 3.72. The van der Waals surface area contributed by atoms with Gasteiger partial charge in [0.2, 0.25) is 0 Å². The number of hydrogen-bond acceptors (Lipinski definition) is 5. The van der Waals surface area contributed by atoms with Crippen LogP contribution in [0.2, 0.25) is 0 Å². The van der Waals surface area contributed by atoms with E-state index in [0.29, 0.717) is 25.2 Å². The molecule has 1 aromatic heterocycles. The number of ether oxygens (including phenoxy) is 2. The summed E-state index contributed by atoms with van der Waals surface area (Å²) in [5, 5.41) is 3.41. The van der Waals surface area contributed by atoms with Crippen molar-refractivity contribution < 1.29 is 9.47 Å². The average Bonchev–Trinajstić information content (AvgIpc) is 3.26. The lowest BCUT2D eigenvalue weighted by molar-refractivity contribution is 0.170. The van der Waals surface area contributed by atoms with Crippen molar-refractivity contribution in [3.05, 3.63) is 40.8 Å². The second kappa shape index (κ2) is 5.18. The van der Waals surface area contributed by atoms with Crippen LogP contribution in [-0.4, -0.2) is 29.2 Å². The summed E-state index contributed by atoms with van der Waals surface area (Å²) in [6, 6.07) is 6.47. The number of nitrogens with one attached hydrogen (secondary N) is 1. The Bertz CT molecular complexity index is 680. The van der Waals surface area contributed by atoms with Crippen LogP contribution in [0.5, 0.6) is 11.5 Å². The number of nitrogens with zero attached hydrogens (tertiary/aromatic N) is 2. The summed E-state index contributed by atoms with van der Waals surface area (Å²) in [4.78, 5) is 8.47. The number of aromatic nitrogens is 2. The Kier molecular flexibility index (Phi) is 3.18. The Labute approximate surface area is 130 Å². The van der Waals surface area contributed by atoms with E-state index in [-0.39, 0.29) is 0 Å². The Morgan fingerprint density at radius 2 is 2.10 bits per heavy atom. The van der Waals surface area contributed by atoms with Gasteiger partial charge in [0.1, 0.15) is 23.6 Å². The van der Waals surface area contributed by atoms with Crippen LogP contribution >= 0.6 is 15.9 Å². The molecule has 1 aromatic carbocycles. The van der Waals surface area contributed by atoms with Gasteiger partial charge < -0.3 is 14.8 Å². The second-order valence-electron chi connectivity index (χ2n) is 5.19. The molecule has 0 spiro atoms. The fraction of sp³-hybridized carbons (Fsp3) is 0.333. The molecule has 5 nitrogen and oxygen atoms in total. The maximum atomic E-state index is 5.79. The summed E-state index contributed by atoms with van der Waals surface area (Å²) in [5.41, 5.74) is 1.22. The molecule has 2 heterocycles. The quantitative estimate of drug-likeness (QED) is 0.924. The van der Waals surface area contributed by atoms with E-state index in [4.69, 9.17) is 9.47 Å². The third kappa shape index (κ3) is 2.55. The molecule has 21 heavy (non-hydrogen) atoms. The van der Waals surface area contributed by atoms with E-state index in [2.05, 4.69) is 37.3 Å². The molecular weight excluding hydrogens is 334 g/mol. The lowest BCUT2D eigenvalue weighted by Crippen LogP contribution is -2.16. The predicted molar refractivity (Wildman–Crippen MR) is 81.9 cm³/mol. The van der Waals surface area contributed by atoms with Gasteiger partial charge in [0, 0.05) is 17.5 Å². The number of fused-ring (bicyclic) bond motifs is 1. The van der Waals surface area contributed by atoms with E-state index in [1.807, 2.05) is 12.1 Å². The zero-order valence-corrected chi connectivity index (χ0v) is 12.8. The van der Waals surface area contributed by atoms with Gasteiger partial charge in [-0.2, -0.15) is 0 Å². The molecule has 2 atom stereocenters. The Balaban J connectivity index is 1.52. The fourth-order valence-corrected chi connectivity index (χ4v) is 3.00. The molecule has 0 bridgehead atoms. The minimum atomic E-state index is 0.366. The molecule has 0 saturated heterocycles. The molecule has 1 saturated carbocycles. The van der Waals surface area contributed by atoms with Crippen molar-refractivity contribution >= 4 is 21.7 Å². The van der Waals surface area contributed by atoms with Crippen LogP contribution < -0.4 is 14.8 Å². The molecule has 1 N–H and O–H groups in total. The first-order valence-corrected chi connectivity index (χ1v) is 7.73. The number of benzene rings is 1. The number of anilines is 1. The average molecular weight is 348 g/mol. The summed E-state index contributed by atoms with van der Waals surface area (Å²) in [5.74, 6) is 2.98. The predicted octanol–water partition coefficient (Wildman–Crippen LogP) is 2.98. The highest BCUT2D eigenvalue weighted by Gasteiger charge is 2.41. The minimum absolute atomic E-state index is 0.366. The maximum absolute atomic E-state index is 5.79. The van der Waals surface area contributed by atoms with Crippen LogP contribution in [0.25, 0.3) is 0 Å². The van der Waals surface area contributed by atoms with Crippen molar-refractivity contribution in [1.29, 1.82) is 0 Å². The zero-order chi connectivity index (χ0) is 14.2. The van der Waals surface area contributed by atoms with Crippen molar-refractivity contribution in [2.24, 2.45) is 0 Å². The first-order valence-electron chi connectivity index (χ1n) is 6.94. The first kappa shape index (κ1) is 12.9. The van der Waals surface area contributed by atoms with Crippen LogP contribution in [-0.2, 0) is 0 Å². The lowest BCUT2D eigenvalue weighted by atomic mass is 10.1. The number of hydrogen-bond donors (Lipinski definition) is 1. The van der Waals surface area contributed by atoms with Crippen molar-refractivity contribution in [3.63, 3.8) is 0 Å². The first-order chi connectivity index (χ1) is 10.3. The summed E-state index contributed by atoms with van der Waals surface area (Å²) in [6.07, 6.45) is 4.47. The highest BCUT2D eigenvalue weighted by atomic mass is 79.9. The molecule has 108 valence electrons. The van der Waals surface area contributed by atoms with Gasteiger partial charge in [-0.15, -0.1) is 0 Å². The molecule has 4 rings (SSSR count). The summed E-state index contributed by atoms with van der Waals surface area (Å²) >= 11 is 3.33. The van der Waals surface area contributed by atoms with Crippen molar-refractivity contribution in [2.45, 2.75) is 18.4 Å². The van der Waals surface area contributed by atoms with Crippen molar-refractivity contribution in [2.75, 3.05) is 18.5 Å². The van der Waals surface area contributed by atoms with Crippen LogP contribution in [0.4, 0.5) is 5.82 Å². The largest absolute Gasteiger partial charge is 0.486 e. The van der Waals surface area contributed by atoms with E-state index in [9.17, 15) is 0 Å². The topological polar surface area (TPSA) is 56.3 Å². The molecule has 0 amide bonds. The van der Waals surface area contributed by atoms with Crippen LogP contribution in [0.3, 0.4) is 0 Å². The zero-order valence-electron chi connectivity index (χ0n) is 11.3. The number of halogens is 1. The lowest BCUT2D eigenvalue weighted by Gasteiger charge is -2.21. The van der Waals surface area contributed by atoms with Gasteiger partial charge in [-0.05, 0) is 28.4 Å². The molecule has 0 radical (unpaired) electrons. The molecule has 1 aliphatic heterocycles. The molecular formula is C15H14BrN3O2. The fourth-order valence-electron chi connectivity index (χ4n) is 2.69. The van der Waals surface area contributed by atoms with E-state index in [1.54, 1.807) is 12.4 Å². The van der Waals surface area contributed by atoms with Crippen LogP contribution in [0.15, 0.2) is 35.2 Å². The normalized spacial score (nSPS) is 22.7. The van der Waals surface area contributed by atoms with E-state index >= 15 is 0 Å². The smallest absolute Gasteiger partial charge is 0.164 e. The van der Waals surface area contributed by atoms with Crippen LogP contribution in [0.1, 0.15) is 17.9 Å². The second-order valence-corrected chi connectivity index (χ2v) is 6.00. The number of para-hydroxylation sites is 1. The van der Waals surface area contributed by atoms with Gasteiger partial charge in [0.25, 0.3) is 0 Å². The molecule has 2 aromatic rings. The molecule has 1 fully saturated rings. The summed E-state index contributed by atoms with van der Waals surface area (Å²) in [7, 11) is 0. The van der Waals surface area contributed by atoms with E-state index in [0.717, 1.165) is 28.3 Å². The monoisotopic (exact) mass is 347 g/mol. The molecule has 6 heteroatoms. The van der Waals surface area contributed by atoms with Gasteiger partial charge >= 0.3 is 0 Å². The SMILES string of the molecule is Brc1cncc(N[C@@H]2C[C@H]2c2cccc3c2OCCO3)n1. The highest BCUT2D eigenvalue weighted by Crippen LogP contribution is 2.49. The highest BCUT2D eigenvalue weighted by molar-refractivity contribution is 9.10. The van der Waals surface area contributed by atoms with Gasteiger partial charge in [0.15, 0.2) is 11.5 Å². The van der Waals surface area contributed by atoms with E-state index < -0.39 is 0 Å². The van der Waals surface area contributed by atoms with Gasteiger partial charge in [-0.3, -0.25) is 4.98 Å². The van der Waals surface area contributed by atoms with Crippen molar-refractivity contribution in [1.82, 2.24) is 9.97 Å². The third-order valence-corrected chi connectivity index (χ3v) is 4.11. The Morgan fingerprint density at radius 1 is 1.19 bits per heavy atom. The summed E-state index contributed by atoms with van der Waals surface area (Å²) < 4.78 is 12.2. The van der Waals surface area contributed by atoms with Gasteiger partial charge in [-0.1, -0.05) is 12.1 Å². The van der Waals surface area contributed by atoms with E-state index in [1.165, 1.54) is 5.56 Å². The van der Waals surface area contributed by atoms with Gasteiger partial charge in [-0.25, -0.2) is 4.98 Å². The molecule has 0 unspecified atom stereocenters. The standard InChI is InChI=1S/C15H14BrN3O2/c16-13-7-17-8-14(19-13)18-11-6-10(11)9-2-1-3-12-15(9)21-5-4-20-12/h1-3,7-8,10-11H,4-6H2,(H,18,19)/t10-,11+/m0/s1. The number of rotatable bonds is 3. The van der Waals surface area contributed by atoms with Crippen molar-refractivity contribution in [3.8, 4) is 11.5 Å². The van der Waals surface area contributed by atoms with Gasteiger partial charge in [0.05, 0.1) is 12.4 Å². The Morgan fingerprint density at radius 3 is 3.00 bits per heavy atom. The molecule has 2 aliphatic rings. The maximum Gasteiger partial charge on any atom is 0.164 e. The Hall–Kier alpha value is -1.82. The summed E-state index contributed by atoms with van der Waals surface area (Å²) in [6.45, 7) is 1.24.